The number of aryl methyl sites for hydroxylation is 2. The second-order valence-electron chi connectivity index (χ2n) is 7.53. The van der Waals surface area contributed by atoms with E-state index in [1.807, 2.05) is 0 Å². The Kier molecular flexibility index (Phi) is 5.44. The summed E-state index contributed by atoms with van der Waals surface area (Å²) in [5.41, 5.74) is 0.0384. The van der Waals surface area contributed by atoms with E-state index in [1.165, 1.54) is 42.3 Å². The van der Waals surface area contributed by atoms with Crippen LogP contribution in [0.25, 0.3) is 28.3 Å². The number of hydrogen-bond donors (Lipinski definition) is 2. The van der Waals surface area contributed by atoms with Crippen molar-refractivity contribution in [3.8, 4) is 22.8 Å². The Labute approximate surface area is 202 Å². The highest BCUT2D eigenvalue weighted by Gasteiger charge is 2.24. The minimum absolute atomic E-state index is 0.0794. The molecule has 0 aliphatic heterocycles. The Hall–Kier alpha value is -3.97. The first-order chi connectivity index (χ1) is 16.6. The van der Waals surface area contributed by atoms with Crippen molar-refractivity contribution >= 4 is 32.8 Å². The number of imidazole rings is 1. The third-order valence-electron chi connectivity index (χ3n) is 5.12. The smallest absolute Gasteiger partial charge is 0.263 e. The van der Waals surface area contributed by atoms with E-state index in [0.717, 1.165) is 12.1 Å². The van der Waals surface area contributed by atoms with Crippen LogP contribution < -0.4 is 4.72 Å². The minimum atomic E-state index is -4.27. The lowest BCUT2D eigenvalue weighted by Gasteiger charge is -2.13. The van der Waals surface area contributed by atoms with E-state index in [1.54, 1.807) is 6.92 Å². The predicted molar refractivity (Wildman–Crippen MR) is 123 cm³/mol. The highest BCUT2D eigenvalue weighted by Crippen LogP contribution is 2.32. The van der Waals surface area contributed by atoms with Crippen LogP contribution in [0.15, 0.2) is 48.0 Å². The SMILES string of the molecule is Cc1nc(-c2ncn3cc(-c4c(F)ccc(NS(=O)(=O)c5cc(Cl)cnc5C)c4F)ncc23)n[nH]1. The number of nitrogens with one attached hydrogen (secondary N) is 2. The zero-order valence-corrected chi connectivity index (χ0v) is 19.7. The maximum atomic E-state index is 15.4. The number of aromatic amines is 1. The van der Waals surface area contributed by atoms with Gasteiger partial charge in [-0.1, -0.05) is 11.6 Å². The first-order valence-electron chi connectivity index (χ1n) is 9.99. The van der Waals surface area contributed by atoms with Gasteiger partial charge in [-0.25, -0.2) is 27.2 Å². The molecule has 14 heteroatoms. The Morgan fingerprint density at radius 1 is 1.11 bits per heavy atom. The van der Waals surface area contributed by atoms with Crippen LogP contribution in [0.4, 0.5) is 14.5 Å². The molecule has 2 N–H and O–H groups in total. The fourth-order valence-corrected chi connectivity index (χ4v) is 4.98. The van der Waals surface area contributed by atoms with Crippen molar-refractivity contribution in [2.45, 2.75) is 18.7 Å². The predicted octanol–water partition coefficient (Wildman–Crippen LogP) is 3.93. The zero-order chi connectivity index (χ0) is 24.9. The second-order valence-corrected chi connectivity index (χ2v) is 9.62. The fourth-order valence-electron chi connectivity index (χ4n) is 3.47. The van der Waals surface area contributed by atoms with Gasteiger partial charge in [-0.15, -0.1) is 0 Å². The van der Waals surface area contributed by atoms with Crippen LogP contribution in [-0.2, 0) is 10.0 Å². The van der Waals surface area contributed by atoms with Gasteiger partial charge >= 0.3 is 0 Å². The molecule has 0 radical (unpaired) electrons. The number of benzene rings is 1. The molecule has 35 heavy (non-hydrogen) atoms. The summed E-state index contributed by atoms with van der Waals surface area (Å²) in [6, 6.07) is 3.12. The molecule has 4 aromatic heterocycles. The molecular weight excluding hydrogens is 502 g/mol. The number of aromatic nitrogens is 7. The van der Waals surface area contributed by atoms with Crippen molar-refractivity contribution < 1.29 is 17.2 Å². The Morgan fingerprint density at radius 2 is 1.91 bits per heavy atom. The first-order valence-corrected chi connectivity index (χ1v) is 11.9. The average molecular weight is 517 g/mol. The maximum Gasteiger partial charge on any atom is 0.263 e. The first kappa shape index (κ1) is 22.8. The molecule has 0 spiro atoms. The van der Waals surface area contributed by atoms with Gasteiger partial charge in [0.05, 0.1) is 39.4 Å². The molecule has 0 atom stereocenters. The number of hydrogen-bond acceptors (Lipinski definition) is 7. The van der Waals surface area contributed by atoms with Gasteiger partial charge in [-0.2, -0.15) is 5.10 Å². The van der Waals surface area contributed by atoms with Crippen molar-refractivity contribution in [3.63, 3.8) is 0 Å². The Morgan fingerprint density at radius 3 is 2.66 bits per heavy atom. The molecule has 0 bridgehead atoms. The molecule has 0 aliphatic carbocycles. The van der Waals surface area contributed by atoms with E-state index in [0.29, 0.717) is 22.9 Å². The summed E-state index contributed by atoms with van der Waals surface area (Å²) in [6.07, 6.45) is 5.47. The molecule has 0 aliphatic rings. The van der Waals surface area contributed by atoms with Gasteiger partial charge in [0.25, 0.3) is 10.0 Å². The van der Waals surface area contributed by atoms with Gasteiger partial charge < -0.3 is 4.40 Å². The molecule has 5 rings (SSSR count). The van der Waals surface area contributed by atoms with Crippen LogP contribution in [0.5, 0.6) is 0 Å². The van der Waals surface area contributed by atoms with Gasteiger partial charge in [-0.05, 0) is 32.0 Å². The third kappa shape index (κ3) is 4.08. The van der Waals surface area contributed by atoms with E-state index in [4.69, 9.17) is 11.6 Å². The summed E-state index contributed by atoms with van der Waals surface area (Å²) in [5.74, 6) is -1.13. The highest BCUT2D eigenvalue weighted by molar-refractivity contribution is 7.92. The van der Waals surface area contributed by atoms with Crippen LogP contribution in [0.1, 0.15) is 11.5 Å². The number of rotatable bonds is 5. The minimum Gasteiger partial charge on any atom is -0.302 e. The normalized spacial score (nSPS) is 11.8. The summed E-state index contributed by atoms with van der Waals surface area (Å²) in [6.45, 7) is 3.21. The zero-order valence-electron chi connectivity index (χ0n) is 18.1. The van der Waals surface area contributed by atoms with Crippen molar-refractivity contribution in [3.05, 3.63) is 71.3 Å². The number of fused-ring (bicyclic) bond motifs is 1. The van der Waals surface area contributed by atoms with Gasteiger partial charge in [0.1, 0.15) is 28.6 Å². The second kappa shape index (κ2) is 8.36. The molecule has 0 unspecified atom stereocenters. The van der Waals surface area contributed by atoms with E-state index in [9.17, 15) is 12.8 Å². The number of nitrogens with zero attached hydrogens (tertiary/aromatic N) is 6. The number of anilines is 1. The van der Waals surface area contributed by atoms with Gasteiger partial charge in [0.15, 0.2) is 5.82 Å². The van der Waals surface area contributed by atoms with Gasteiger partial charge in [-0.3, -0.25) is 19.8 Å². The van der Waals surface area contributed by atoms with Crippen LogP contribution in [0.2, 0.25) is 5.02 Å². The Bertz CT molecular complexity index is 1720. The van der Waals surface area contributed by atoms with Gasteiger partial charge in [0, 0.05) is 12.4 Å². The lowest BCUT2D eigenvalue weighted by atomic mass is 10.1. The van der Waals surface area contributed by atoms with E-state index in [-0.39, 0.29) is 21.3 Å². The monoisotopic (exact) mass is 516 g/mol. The highest BCUT2D eigenvalue weighted by atomic mass is 35.5. The molecule has 10 nitrogen and oxygen atoms in total. The Balaban J connectivity index is 1.56. The average Bonchev–Trinajstić information content (AvgIpc) is 3.43. The summed E-state index contributed by atoms with van der Waals surface area (Å²) >= 11 is 5.87. The molecule has 0 saturated carbocycles. The van der Waals surface area contributed by atoms with Crippen LogP contribution in [-0.4, -0.2) is 43.0 Å². The van der Waals surface area contributed by atoms with E-state index >= 15 is 4.39 Å². The molecule has 4 heterocycles. The molecule has 0 saturated heterocycles. The largest absolute Gasteiger partial charge is 0.302 e. The molecule has 0 fully saturated rings. The molecule has 178 valence electrons. The standard InChI is InChI=1S/C21H15ClF2N8O2S/c1-10-17(5-12(22)6-25-10)35(33,34)31-14-4-3-13(23)18(19(14)24)15-8-32-9-27-20(16(32)7-26-15)21-28-11(2)29-30-21/h3-9,31H,1-2H3,(H,28,29,30). The van der Waals surface area contributed by atoms with Gasteiger partial charge in [0.2, 0.25) is 5.82 Å². The summed E-state index contributed by atoms with van der Waals surface area (Å²) in [7, 11) is -4.27. The van der Waals surface area contributed by atoms with Crippen LogP contribution in [0, 0.1) is 25.5 Å². The lowest BCUT2D eigenvalue weighted by Crippen LogP contribution is -2.16. The number of halogens is 3. The van der Waals surface area contributed by atoms with E-state index in [2.05, 4.69) is 34.9 Å². The van der Waals surface area contributed by atoms with Crippen LogP contribution >= 0.6 is 11.6 Å². The van der Waals surface area contributed by atoms with Crippen molar-refractivity contribution in [1.29, 1.82) is 0 Å². The number of H-pyrrole nitrogens is 1. The van der Waals surface area contributed by atoms with Crippen LogP contribution in [0.3, 0.4) is 0 Å². The summed E-state index contributed by atoms with van der Waals surface area (Å²) in [4.78, 5) is 16.3. The molecule has 0 amide bonds. The summed E-state index contributed by atoms with van der Waals surface area (Å²) in [5, 5.41) is 6.87. The molecule has 1 aromatic carbocycles. The summed E-state index contributed by atoms with van der Waals surface area (Å²) < 4.78 is 59.5. The lowest BCUT2D eigenvalue weighted by molar-refractivity contribution is 0.586. The van der Waals surface area contributed by atoms with Crippen molar-refractivity contribution in [2.75, 3.05) is 4.72 Å². The third-order valence-corrected chi connectivity index (χ3v) is 6.80. The molecular formula is C21H15ClF2N8O2S. The van der Waals surface area contributed by atoms with E-state index < -0.39 is 32.9 Å². The topological polar surface area (TPSA) is 131 Å². The number of sulfonamides is 1. The quantitative estimate of drug-likeness (QED) is 0.362. The fraction of sp³-hybridized carbons (Fsp3) is 0.0952. The number of pyridine rings is 1. The van der Waals surface area contributed by atoms with Crippen molar-refractivity contribution in [1.82, 2.24) is 34.5 Å². The maximum absolute atomic E-state index is 15.4. The van der Waals surface area contributed by atoms with Crippen molar-refractivity contribution in [2.24, 2.45) is 0 Å². The molecule has 5 aromatic rings.